The van der Waals surface area contributed by atoms with E-state index in [1.54, 1.807) is 18.3 Å². The highest BCUT2D eigenvalue weighted by Crippen LogP contribution is 2.26. The van der Waals surface area contributed by atoms with E-state index in [2.05, 4.69) is 15.2 Å². The molecule has 2 aromatic heterocycles. The molecule has 0 saturated heterocycles. The first-order valence-corrected chi connectivity index (χ1v) is 4.94. The summed E-state index contributed by atoms with van der Waals surface area (Å²) < 4.78 is 10.3. The number of rotatable bonds is 4. The summed E-state index contributed by atoms with van der Waals surface area (Å²) in [5, 5.41) is 16.0. The first-order chi connectivity index (χ1) is 8.70. The van der Waals surface area contributed by atoms with Crippen molar-refractivity contribution in [3.05, 3.63) is 30.3 Å². The zero-order valence-electron chi connectivity index (χ0n) is 9.40. The Hall–Kier alpha value is -2.70. The van der Waals surface area contributed by atoms with Crippen LogP contribution in [0.15, 0.2) is 28.8 Å². The third-order valence-corrected chi connectivity index (χ3v) is 2.00. The van der Waals surface area contributed by atoms with E-state index in [9.17, 15) is 4.79 Å². The van der Waals surface area contributed by atoms with Gasteiger partial charge in [0, 0.05) is 18.3 Å². The van der Waals surface area contributed by atoms with E-state index in [4.69, 9.17) is 14.3 Å². The summed E-state index contributed by atoms with van der Waals surface area (Å²) >= 11 is 0. The van der Waals surface area contributed by atoms with Gasteiger partial charge in [0.25, 0.3) is 5.89 Å². The summed E-state index contributed by atoms with van der Waals surface area (Å²) in [7, 11) is 1.48. The van der Waals surface area contributed by atoms with Crippen molar-refractivity contribution < 1.29 is 19.1 Å². The lowest BCUT2D eigenvalue weighted by molar-refractivity contribution is -0.131. The highest BCUT2D eigenvalue weighted by Gasteiger charge is 2.12. The molecule has 0 spiro atoms. The number of hydrogen-bond donors (Lipinski definition) is 1. The number of carbonyl (C=O) groups is 1. The van der Waals surface area contributed by atoms with Crippen LogP contribution in [-0.4, -0.2) is 33.4 Å². The number of hydrogen-bond acceptors (Lipinski definition) is 6. The fraction of sp³-hybridized carbons (Fsp3) is 0.0909. The minimum atomic E-state index is -1.09. The van der Waals surface area contributed by atoms with E-state index < -0.39 is 5.97 Å². The van der Waals surface area contributed by atoms with E-state index in [1.165, 1.54) is 13.2 Å². The first-order valence-electron chi connectivity index (χ1n) is 4.94. The van der Waals surface area contributed by atoms with E-state index in [-0.39, 0.29) is 11.8 Å². The van der Waals surface area contributed by atoms with Crippen LogP contribution in [-0.2, 0) is 4.79 Å². The Morgan fingerprint density at radius 3 is 3.06 bits per heavy atom. The van der Waals surface area contributed by atoms with Gasteiger partial charge in [-0.1, -0.05) is 0 Å². The minimum absolute atomic E-state index is 0.0957. The number of pyridine rings is 1. The number of methoxy groups -OCH3 is 1. The Morgan fingerprint density at radius 1 is 1.50 bits per heavy atom. The highest BCUT2D eigenvalue weighted by atomic mass is 16.5. The monoisotopic (exact) mass is 247 g/mol. The molecule has 7 nitrogen and oxygen atoms in total. The summed E-state index contributed by atoms with van der Waals surface area (Å²) in [5.74, 6) is -0.424. The van der Waals surface area contributed by atoms with Crippen molar-refractivity contribution in [3.63, 3.8) is 0 Å². The topological polar surface area (TPSA) is 98.3 Å². The van der Waals surface area contributed by atoms with Crippen LogP contribution in [0.3, 0.4) is 0 Å². The Kier molecular flexibility index (Phi) is 3.33. The van der Waals surface area contributed by atoms with Gasteiger partial charge in [-0.2, -0.15) is 0 Å². The van der Waals surface area contributed by atoms with E-state index in [1.807, 2.05) is 0 Å². The second-order valence-electron chi connectivity index (χ2n) is 3.18. The molecular formula is C11H9N3O4. The van der Waals surface area contributed by atoms with Crippen LogP contribution in [0, 0.1) is 0 Å². The first kappa shape index (κ1) is 11.8. The number of nitrogens with zero attached hydrogens (tertiary/aromatic N) is 3. The van der Waals surface area contributed by atoms with E-state index >= 15 is 0 Å². The summed E-state index contributed by atoms with van der Waals surface area (Å²) in [6.45, 7) is 0. The average molecular weight is 247 g/mol. The second-order valence-corrected chi connectivity index (χ2v) is 3.18. The number of aliphatic carboxylic acids is 1. The van der Waals surface area contributed by atoms with Crippen LogP contribution in [0.1, 0.15) is 5.89 Å². The molecule has 0 radical (unpaired) electrons. The van der Waals surface area contributed by atoms with Gasteiger partial charge < -0.3 is 14.3 Å². The molecule has 0 saturated carbocycles. The zero-order valence-corrected chi connectivity index (χ0v) is 9.40. The number of carboxylic acids is 1. The van der Waals surface area contributed by atoms with Crippen LogP contribution in [0.4, 0.5) is 0 Å². The number of carboxylic acid groups (broad SMARTS) is 1. The summed E-state index contributed by atoms with van der Waals surface area (Å²) in [6, 6.07) is 3.42. The third kappa shape index (κ3) is 2.51. The Balaban J connectivity index is 2.32. The van der Waals surface area contributed by atoms with Crippen molar-refractivity contribution in [3.8, 4) is 17.3 Å². The van der Waals surface area contributed by atoms with Crippen LogP contribution >= 0.6 is 0 Å². The van der Waals surface area contributed by atoms with Gasteiger partial charge in [0.1, 0.15) is 5.56 Å². The molecule has 7 heteroatoms. The lowest BCUT2D eigenvalue weighted by atomic mass is 10.3. The van der Waals surface area contributed by atoms with E-state index in [0.717, 1.165) is 6.08 Å². The molecule has 0 unspecified atom stereocenters. The molecule has 2 aromatic rings. The molecule has 0 aliphatic rings. The van der Waals surface area contributed by atoms with Crippen molar-refractivity contribution in [1.82, 2.24) is 15.2 Å². The average Bonchev–Trinajstić information content (AvgIpc) is 2.85. The van der Waals surface area contributed by atoms with Crippen LogP contribution in [0.5, 0.6) is 5.88 Å². The predicted octanol–water partition coefficient (Wildman–Crippen LogP) is 1.24. The number of ether oxygens (including phenoxy) is 1. The molecule has 0 aliphatic carbocycles. The normalized spacial score (nSPS) is 10.7. The molecule has 2 heterocycles. The van der Waals surface area contributed by atoms with Gasteiger partial charge in [-0.15, -0.1) is 10.2 Å². The zero-order chi connectivity index (χ0) is 13.0. The molecule has 0 amide bonds. The standard InChI is InChI=1S/C11H9N3O4/c1-17-10-7(3-2-6-12-10)11-14-13-8(18-11)4-5-9(15)16/h2-6H,1H3,(H,15,16)/b5-4+. The van der Waals surface area contributed by atoms with Gasteiger partial charge in [-0.3, -0.25) is 0 Å². The fourth-order valence-corrected chi connectivity index (χ4v) is 1.27. The molecule has 0 aliphatic heterocycles. The van der Waals surface area contributed by atoms with Gasteiger partial charge in [-0.05, 0) is 12.1 Å². The minimum Gasteiger partial charge on any atom is -0.480 e. The number of aromatic nitrogens is 3. The van der Waals surface area contributed by atoms with Crippen molar-refractivity contribution >= 4 is 12.0 Å². The maximum absolute atomic E-state index is 10.3. The lowest BCUT2D eigenvalue weighted by Crippen LogP contribution is -1.90. The van der Waals surface area contributed by atoms with Crippen molar-refractivity contribution in [2.24, 2.45) is 0 Å². The van der Waals surface area contributed by atoms with Gasteiger partial charge in [0.15, 0.2) is 0 Å². The third-order valence-electron chi connectivity index (χ3n) is 2.00. The molecule has 0 bridgehead atoms. The second kappa shape index (κ2) is 5.09. The maximum Gasteiger partial charge on any atom is 0.328 e. The van der Waals surface area contributed by atoms with Gasteiger partial charge >= 0.3 is 5.97 Å². The molecule has 18 heavy (non-hydrogen) atoms. The molecule has 92 valence electrons. The quantitative estimate of drug-likeness (QED) is 0.811. The van der Waals surface area contributed by atoms with Crippen LogP contribution < -0.4 is 4.74 Å². The van der Waals surface area contributed by atoms with Crippen molar-refractivity contribution in [2.75, 3.05) is 7.11 Å². The molecule has 0 aromatic carbocycles. The lowest BCUT2D eigenvalue weighted by Gasteiger charge is -2.01. The summed E-state index contributed by atoms with van der Waals surface area (Å²) in [4.78, 5) is 14.3. The van der Waals surface area contributed by atoms with Crippen molar-refractivity contribution in [1.29, 1.82) is 0 Å². The largest absolute Gasteiger partial charge is 0.480 e. The maximum atomic E-state index is 10.3. The Labute approximate surface area is 102 Å². The highest BCUT2D eigenvalue weighted by molar-refractivity contribution is 5.84. The van der Waals surface area contributed by atoms with Gasteiger partial charge in [-0.25, -0.2) is 9.78 Å². The van der Waals surface area contributed by atoms with E-state index in [0.29, 0.717) is 11.4 Å². The van der Waals surface area contributed by atoms with Gasteiger partial charge in [0.2, 0.25) is 11.8 Å². The SMILES string of the molecule is COc1ncccc1-c1nnc(/C=C/C(=O)O)o1. The van der Waals surface area contributed by atoms with Crippen molar-refractivity contribution in [2.45, 2.75) is 0 Å². The summed E-state index contributed by atoms with van der Waals surface area (Å²) in [5.41, 5.74) is 0.544. The summed E-state index contributed by atoms with van der Waals surface area (Å²) in [6.07, 6.45) is 3.70. The van der Waals surface area contributed by atoms with Crippen LogP contribution in [0.2, 0.25) is 0 Å². The molecule has 0 fully saturated rings. The Bertz CT molecular complexity index is 591. The Morgan fingerprint density at radius 2 is 2.33 bits per heavy atom. The molecule has 0 atom stereocenters. The van der Waals surface area contributed by atoms with Crippen LogP contribution in [0.25, 0.3) is 17.5 Å². The van der Waals surface area contributed by atoms with Gasteiger partial charge in [0.05, 0.1) is 7.11 Å². The fourth-order valence-electron chi connectivity index (χ4n) is 1.27. The molecular weight excluding hydrogens is 238 g/mol. The predicted molar refractivity (Wildman–Crippen MR) is 60.8 cm³/mol. The molecule has 2 rings (SSSR count). The smallest absolute Gasteiger partial charge is 0.328 e. The molecule has 1 N–H and O–H groups in total.